The van der Waals surface area contributed by atoms with Gasteiger partial charge in [0, 0.05) is 11.9 Å². The second-order valence-corrected chi connectivity index (χ2v) is 3.60. The van der Waals surface area contributed by atoms with Gasteiger partial charge in [0.05, 0.1) is 6.10 Å². The Morgan fingerprint density at radius 3 is 2.62 bits per heavy atom. The summed E-state index contributed by atoms with van der Waals surface area (Å²) in [6.45, 7) is 4.89. The minimum Gasteiger partial charge on any atom is -0.373 e. The van der Waals surface area contributed by atoms with E-state index in [0.717, 1.165) is 11.9 Å². The lowest BCUT2D eigenvalue weighted by Gasteiger charge is -2.16. The van der Waals surface area contributed by atoms with Gasteiger partial charge in [-0.05, 0) is 25.0 Å². The zero-order chi connectivity index (χ0) is 9.68. The maximum Gasteiger partial charge on any atom is 0.0924 e. The summed E-state index contributed by atoms with van der Waals surface area (Å²) in [7, 11) is 0. The Balaban J connectivity index is 2.84. The summed E-state index contributed by atoms with van der Waals surface area (Å²) in [4.78, 5) is 0. The zero-order valence-corrected chi connectivity index (χ0v) is 9.67. The van der Waals surface area contributed by atoms with E-state index in [0.29, 0.717) is 0 Å². The molecule has 0 heterocycles. The summed E-state index contributed by atoms with van der Waals surface area (Å²) >= 11 is 3.46. The normalized spacial score (nSPS) is 12.8. The molecule has 0 bridgehead atoms. The van der Waals surface area contributed by atoms with Gasteiger partial charge in [-0.3, -0.25) is 0 Å². The summed E-state index contributed by atoms with van der Waals surface area (Å²) in [5, 5.41) is 0.853. The number of aryl methyl sites for hydroxylation is 1. The highest BCUT2D eigenvalue weighted by Gasteiger charge is 2.10. The third-order valence-corrected chi connectivity index (χ3v) is 2.63. The van der Waals surface area contributed by atoms with Crippen molar-refractivity contribution in [1.29, 1.82) is 0 Å². The van der Waals surface area contributed by atoms with Crippen LogP contribution < -0.4 is 0 Å². The number of hydrogen-bond acceptors (Lipinski definition) is 1. The fourth-order valence-corrected chi connectivity index (χ4v) is 1.90. The van der Waals surface area contributed by atoms with Crippen LogP contribution in [0.25, 0.3) is 0 Å². The maximum absolute atomic E-state index is 5.61. The molecule has 0 spiro atoms. The van der Waals surface area contributed by atoms with Gasteiger partial charge in [-0.1, -0.05) is 40.2 Å². The standard InChI is InChI=1S/C11H15BrO/c1-3-13-11(8-12)10-7-5-4-6-9(10)2/h4-7,11H,3,8H2,1-2H3. The molecule has 0 aliphatic heterocycles. The van der Waals surface area contributed by atoms with Crippen molar-refractivity contribution in [2.24, 2.45) is 0 Å². The average Bonchev–Trinajstić information content (AvgIpc) is 2.16. The van der Waals surface area contributed by atoms with Crippen LogP contribution in [0.15, 0.2) is 24.3 Å². The molecule has 1 aromatic carbocycles. The SMILES string of the molecule is CCOC(CBr)c1ccccc1C. The van der Waals surface area contributed by atoms with Crippen molar-refractivity contribution < 1.29 is 4.74 Å². The van der Waals surface area contributed by atoms with E-state index in [9.17, 15) is 0 Å². The first-order valence-electron chi connectivity index (χ1n) is 4.52. The van der Waals surface area contributed by atoms with Crippen LogP contribution in [-0.4, -0.2) is 11.9 Å². The third-order valence-electron chi connectivity index (χ3n) is 2.04. The monoisotopic (exact) mass is 242 g/mol. The van der Waals surface area contributed by atoms with Crippen molar-refractivity contribution in [3.8, 4) is 0 Å². The third kappa shape index (κ3) is 2.82. The number of halogens is 1. The molecule has 0 saturated heterocycles. The summed E-state index contributed by atoms with van der Waals surface area (Å²) in [5.41, 5.74) is 2.57. The van der Waals surface area contributed by atoms with Crippen LogP contribution in [-0.2, 0) is 4.74 Å². The van der Waals surface area contributed by atoms with Crippen molar-refractivity contribution in [3.05, 3.63) is 35.4 Å². The van der Waals surface area contributed by atoms with Crippen LogP contribution >= 0.6 is 15.9 Å². The molecular weight excluding hydrogens is 228 g/mol. The van der Waals surface area contributed by atoms with Gasteiger partial charge in [0.15, 0.2) is 0 Å². The fourth-order valence-electron chi connectivity index (χ4n) is 1.37. The van der Waals surface area contributed by atoms with E-state index >= 15 is 0 Å². The first kappa shape index (κ1) is 10.7. The molecule has 1 nitrogen and oxygen atoms in total. The maximum atomic E-state index is 5.61. The highest BCUT2D eigenvalue weighted by atomic mass is 79.9. The molecule has 13 heavy (non-hydrogen) atoms. The van der Waals surface area contributed by atoms with Crippen LogP contribution in [0.2, 0.25) is 0 Å². The van der Waals surface area contributed by atoms with Gasteiger partial charge in [-0.15, -0.1) is 0 Å². The molecule has 1 rings (SSSR count). The first-order chi connectivity index (χ1) is 6.29. The van der Waals surface area contributed by atoms with Crippen molar-refractivity contribution in [2.75, 3.05) is 11.9 Å². The van der Waals surface area contributed by atoms with Crippen LogP contribution in [0, 0.1) is 6.92 Å². The van der Waals surface area contributed by atoms with E-state index in [1.807, 2.05) is 6.92 Å². The lowest BCUT2D eigenvalue weighted by molar-refractivity contribution is 0.0802. The van der Waals surface area contributed by atoms with Gasteiger partial charge in [0.2, 0.25) is 0 Å². The van der Waals surface area contributed by atoms with E-state index in [2.05, 4.69) is 47.1 Å². The van der Waals surface area contributed by atoms with E-state index < -0.39 is 0 Å². The largest absolute Gasteiger partial charge is 0.373 e. The van der Waals surface area contributed by atoms with Crippen molar-refractivity contribution in [3.63, 3.8) is 0 Å². The van der Waals surface area contributed by atoms with Crippen LogP contribution in [0.3, 0.4) is 0 Å². The number of rotatable bonds is 4. The number of benzene rings is 1. The minimum atomic E-state index is 0.186. The second-order valence-electron chi connectivity index (χ2n) is 2.95. The molecule has 1 atom stereocenters. The number of ether oxygens (including phenoxy) is 1. The van der Waals surface area contributed by atoms with Crippen molar-refractivity contribution in [1.82, 2.24) is 0 Å². The van der Waals surface area contributed by atoms with Gasteiger partial charge in [0.1, 0.15) is 0 Å². The van der Waals surface area contributed by atoms with Crippen molar-refractivity contribution >= 4 is 15.9 Å². The lowest BCUT2D eigenvalue weighted by atomic mass is 10.0. The van der Waals surface area contributed by atoms with E-state index in [1.54, 1.807) is 0 Å². The van der Waals surface area contributed by atoms with Gasteiger partial charge >= 0.3 is 0 Å². The Labute approximate surface area is 88.2 Å². The van der Waals surface area contributed by atoms with Crippen LogP contribution in [0.4, 0.5) is 0 Å². The lowest BCUT2D eigenvalue weighted by Crippen LogP contribution is -2.06. The minimum absolute atomic E-state index is 0.186. The molecule has 0 N–H and O–H groups in total. The highest BCUT2D eigenvalue weighted by molar-refractivity contribution is 9.09. The molecule has 1 unspecified atom stereocenters. The van der Waals surface area contributed by atoms with E-state index in [4.69, 9.17) is 4.74 Å². The van der Waals surface area contributed by atoms with E-state index in [1.165, 1.54) is 11.1 Å². The Bertz CT molecular complexity index is 260. The highest BCUT2D eigenvalue weighted by Crippen LogP contribution is 2.22. The molecule has 0 amide bonds. The van der Waals surface area contributed by atoms with Crippen LogP contribution in [0.1, 0.15) is 24.2 Å². The topological polar surface area (TPSA) is 9.23 Å². The molecule has 0 fully saturated rings. The summed E-state index contributed by atoms with van der Waals surface area (Å²) < 4.78 is 5.61. The van der Waals surface area contributed by atoms with Gasteiger partial charge in [0.25, 0.3) is 0 Å². The molecule has 2 heteroatoms. The molecular formula is C11H15BrO. The summed E-state index contributed by atoms with van der Waals surface area (Å²) in [5.74, 6) is 0. The molecule has 72 valence electrons. The predicted molar refractivity (Wildman–Crippen MR) is 59.3 cm³/mol. The zero-order valence-electron chi connectivity index (χ0n) is 8.09. The molecule has 0 saturated carbocycles. The molecule has 1 aromatic rings. The molecule has 0 aromatic heterocycles. The summed E-state index contributed by atoms with van der Waals surface area (Å²) in [6.07, 6.45) is 0.186. The van der Waals surface area contributed by atoms with Crippen LogP contribution in [0.5, 0.6) is 0 Å². The molecule has 0 aliphatic carbocycles. The van der Waals surface area contributed by atoms with Gasteiger partial charge in [-0.2, -0.15) is 0 Å². The van der Waals surface area contributed by atoms with Gasteiger partial charge < -0.3 is 4.74 Å². The molecule has 0 aliphatic rings. The summed E-state index contributed by atoms with van der Waals surface area (Å²) in [6, 6.07) is 8.34. The Kier molecular flexibility index (Phi) is 4.46. The number of alkyl halides is 1. The van der Waals surface area contributed by atoms with E-state index in [-0.39, 0.29) is 6.10 Å². The first-order valence-corrected chi connectivity index (χ1v) is 5.64. The van der Waals surface area contributed by atoms with Crippen molar-refractivity contribution in [2.45, 2.75) is 20.0 Å². The Morgan fingerprint density at radius 1 is 1.38 bits per heavy atom. The quantitative estimate of drug-likeness (QED) is 0.736. The average molecular weight is 243 g/mol. The number of hydrogen-bond donors (Lipinski definition) is 0. The molecule has 0 radical (unpaired) electrons. The van der Waals surface area contributed by atoms with Gasteiger partial charge in [-0.25, -0.2) is 0 Å². The second kappa shape index (κ2) is 5.40. The smallest absolute Gasteiger partial charge is 0.0924 e. The Morgan fingerprint density at radius 2 is 2.08 bits per heavy atom. The predicted octanol–water partition coefficient (Wildman–Crippen LogP) is 3.47. The Hall–Kier alpha value is -0.340. The fraction of sp³-hybridized carbons (Fsp3) is 0.455.